The van der Waals surface area contributed by atoms with Gasteiger partial charge in [-0.25, -0.2) is 0 Å². The topological polar surface area (TPSA) is 63.3 Å². The molecule has 16 heavy (non-hydrogen) atoms. The lowest BCUT2D eigenvalue weighted by atomic mass is 9.98. The molecule has 1 unspecified atom stereocenters. The number of thioether (sulfide) groups is 1. The Morgan fingerprint density at radius 1 is 1.44 bits per heavy atom. The van der Waals surface area contributed by atoms with Crippen LogP contribution in [-0.4, -0.2) is 28.6 Å². The van der Waals surface area contributed by atoms with Crippen LogP contribution in [-0.2, 0) is 11.2 Å². The first-order valence-corrected chi connectivity index (χ1v) is 6.47. The van der Waals surface area contributed by atoms with E-state index < -0.39 is 12.0 Å². The Kier molecular flexibility index (Phi) is 3.51. The van der Waals surface area contributed by atoms with E-state index in [-0.39, 0.29) is 0 Å². The van der Waals surface area contributed by atoms with Crippen LogP contribution in [0.2, 0.25) is 0 Å². The Labute approximate surface area is 99.0 Å². The van der Waals surface area contributed by atoms with Crippen molar-refractivity contribution in [1.82, 2.24) is 0 Å². The molecule has 1 aliphatic rings. The van der Waals surface area contributed by atoms with Gasteiger partial charge in [0.2, 0.25) is 0 Å². The number of carboxylic acids is 1. The minimum absolute atomic E-state index is 0.398. The summed E-state index contributed by atoms with van der Waals surface area (Å²) in [5, 5.41) is 8.71. The van der Waals surface area contributed by atoms with E-state index in [9.17, 15) is 4.79 Å². The molecule has 1 aromatic carbocycles. The molecule has 0 aromatic heterocycles. The number of aliphatic carboxylic acids is 1. The van der Waals surface area contributed by atoms with Gasteiger partial charge in [-0.3, -0.25) is 4.79 Å². The maximum absolute atomic E-state index is 10.6. The first-order valence-electron chi connectivity index (χ1n) is 5.32. The number of carboxylic acid groups (broad SMARTS) is 1. The lowest BCUT2D eigenvalue weighted by Gasteiger charge is -2.25. The van der Waals surface area contributed by atoms with Gasteiger partial charge >= 0.3 is 5.97 Å². The van der Waals surface area contributed by atoms with Crippen LogP contribution in [0.3, 0.4) is 0 Å². The van der Waals surface area contributed by atoms with Gasteiger partial charge in [0, 0.05) is 17.4 Å². The molecule has 0 aliphatic carbocycles. The van der Waals surface area contributed by atoms with Crippen molar-refractivity contribution >= 4 is 17.7 Å². The number of benzene rings is 1. The van der Waals surface area contributed by atoms with Crippen molar-refractivity contribution in [3.63, 3.8) is 0 Å². The van der Waals surface area contributed by atoms with E-state index in [0.29, 0.717) is 12.3 Å². The maximum Gasteiger partial charge on any atom is 0.320 e. The monoisotopic (exact) mass is 237 g/mol. The van der Waals surface area contributed by atoms with E-state index in [1.165, 1.54) is 17.1 Å². The number of carbonyl (C=O) groups is 1. The predicted molar refractivity (Wildman–Crippen MR) is 65.8 cm³/mol. The smallest absolute Gasteiger partial charge is 0.320 e. The quantitative estimate of drug-likeness (QED) is 0.832. The van der Waals surface area contributed by atoms with Crippen LogP contribution in [0.1, 0.15) is 17.0 Å². The number of hydrogen-bond acceptors (Lipinski definition) is 3. The molecular weight excluding hydrogens is 222 g/mol. The standard InChI is InChI=1S/C12H15NO2S/c13-11(12(14)15)5-8-1-3-9(4-2-8)10-6-16-7-10/h1-4,10-11H,5-7,13H2,(H,14,15). The average Bonchev–Trinajstić information content (AvgIpc) is 2.18. The van der Waals surface area contributed by atoms with E-state index in [1.807, 2.05) is 23.9 Å². The van der Waals surface area contributed by atoms with Crippen molar-refractivity contribution in [3.05, 3.63) is 35.4 Å². The van der Waals surface area contributed by atoms with Crippen LogP contribution in [0, 0.1) is 0 Å². The van der Waals surface area contributed by atoms with Crippen molar-refractivity contribution in [1.29, 1.82) is 0 Å². The lowest BCUT2D eigenvalue weighted by molar-refractivity contribution is -0.138. The third kappa shape index (κ3) is 2.57. The van der Waals surface area contributed by atoms with Crippen molar-refractivity contribution in [2.45, 2.75) is 18.4 Å². The number of nitrogens with two attached hydrogens (primary N) is 1. The molecule has 3 N–H and O–H groups in total. The first-order chi connectivity index (χ1) is 7.66. The van der Waals surface area contributed by atoms with Crippen LogP contribution < -0.4 is 5.73 Å². The minimum atomic E-state index is -0.945. The summed E-state index contributed by atoms with van der Waals surface area (Å²) >= 11 is 1.96. The Hall–Kier alpha value is -1.00. The van der Waals surface area contributed by atoms with E-state index in [0.717, 1.165) is 5.56 Å². The second kappa shape index (κ2) is 4.89. The summed E-state index contributed by atoms with van der Waals surface area (Å²) < 4.78 is 0. The fraction of sp³-hybridized carbons (Fsp3) is 0.417. The first kappa shape index (κ1) is 11.5. The molecule has 1 aromatic rings. The van der Waals surface area contributed by atoms with Gasteiger partial charge in [0.15, 0.2) is 0 Å². The largest absolute Gasteiger partial charge is 0.480 e. The fourth-order valence-corrected chi connectivity index (χ4v) is 2.55. The summed E-state index contributed by atoms with van der Waals surface area (Å²) in [5.74, 6) is 2.15. The highest BCUT2D eigenvalue weighted by atomic mass is 32.2. The summed E-state index contributed by atoms with van der Waals surface area (Å²) in [4.78, 5) is 10.6. The van der Waals surface area contributed by atoms with Crippen molar-refractivity contribution in [3.8, 4) is 0 Å². The summed E-state index contributed by atoms with van der Waals surface area (Å²) in [7, 11) is 0. The molecule has 1 heterocycles. The van der Waals surface area contributed by atoms with Crippen LogP contribution in [0.15, 0.2) is 24.3 Å². The molecule has 3 nitrogen and oxygen atoms in total. The molecule has 86 valence electrons. The molecule has 0 radical (unpaired) electrons. The zero-order valence-corrected chi connectivity index (χ0v) is 9.74. The summed E-state index contributed by atoms with van der Waals surface area (Å²) in [6.45, 7) is 0. The van der Waals surface area contributed by atoms with Gasteiger partial charge < -0.3 is 10.8 Å². The Bertz CT molecular complexity index is 373. The van der Waals surface area contributed by atoms with Gasteiger partial charge in [-0.05, 0) is 17.5 Å². The summed E-state index contributed by atoms with van der Waals surface area (Å²) in [6.07, 6.45) is 0.398. The molecular formula is C12H15NO2S. The van der Waals surface area contributed by atoms with Crippen LogP contribution in [0.4, 0.5) is 0 Å². The van der Waals surface area contributed by atoms with E-state index in [2.05, 4.69) is 12.1 Å². The van der Waals surface area contributed by atoms with Gasteiger partial charge in [0.25, 0.3) is 0 Å². The SMILES string of the molecule is NC(Cc1ccc(C2CSC2)cc1)C(=O)O. The normalized spacial score (nSPS) is 17.8. The maximum atomic E-state index is 10.6. The summed E-state index contributed by atoms with van der Waals surface area (Å²) in [5.41, 5.74) is 7.83. The van der Waals surface area contributed by atoms with Crippen LogP contribution in [0.5, 0.6) is 0 Å². The highest BCUT2D eigenvalue weighted by Gasteiger charge is 2.20. The minimum Gasteiger partial charge on any atom is -0.480 e. The van der Waals surface area contributed by atoms with Crippen LogP contribution in [0.25, 0.3) is 0 Å². The van der Waals surface area contributed by atoms with Crippen molar-refractivity contribution in [2.75, 3.05) is 11.5 Å². The molecule has 1 aliphatic heterocycles. The van der Waals surface area contributed by atoms with Crippen molar-refractivity contribution in [2.24, 2.45) is 5.73 Å². The molecule has 4 heteroatoms. The van der Waals surface area contributed by atoms with E-state index in [1.54, 1.807) is 0 Å². The molecule has 1 fully saturated rings. The van der Waals surface area contributed by atoms with Gasteiger partial charge in [-0.1, -0.05) is 24.3 Å². The summed E-state index contributed by atoms with van der Waals surface area (Å²) in [6, 6.07) is 7.36. The zero-order chi connectivity index (χ0) is 11.5. The van der Waals surface area contributed by atoms with Gasteiger partial charge in [-0.2, -0.15) is 11.8 Å². The molecule has 0 spiro atoms. The highest BCUT2D eigenvalue weighted by molar-refractivity contribution is 8.00. The van der Waals surface area contributed by atoms with E-state index >= 15 is 0 Å². The molecule has 1 saturated heterocycles. The number of rotatable bonds is 4. The van der Waals surface area contributed by atoms with Gasteiger partial charge in [-0.15, -0.1) is 0 Å². The third-order valence-electron chi connectivity index (χ3n) is 2.86. The Morgan fingerprint density at radius 3 is 2.50 bits per heavy atom. The molecule has 0 amide bonds. The highest BCUT2D eigenvalue weighted by Crippen LogP contribution is 2.33. The second-order valence-corrected chi connectivity index (χ2v) is 5.20. The molecule has 0 saturated carbocycles. The predicted octanol–water partition coefficient (Wildman–Crippen LogP) is 1.47. The molecule has 0 bridgehead atoms. The van der Waals surface area contributed by atoms with Gasteiger partial charge in [0.05, 0.1) is 0 Å². The Morgan fingerprint density at radius 2 is 2.06 bits per heavy atom. The second-order valence-electron chi connectivity index (χ2n) is 4.12. The van der Waals surface area contributed by atoms with Crippen molar-refractivity contribution < 1.29 is 9.90 Å². The fourth-order valence-electron chi connectivity index (χ4n) is 1.70. The number of hydrogen-bond donors (Lipinski definition) is 2. The average molecular weight is 237 g/mol. The molecule has 1 atom stereocenters. The third-order valence-corrected chi connectivity index (χ3v) is 4.14. The zero-order valence-electron chi connectivity index (χ0n) is 8.93. The molecule has 2 rings (SSSR count). The van der Waals surface area contributed by atoms with Gasteiger partial charge in [0.1, 0.15) is 6.04 Å². The van der Waals surface area contributed by atoms with E-state index in [4.69, 9.17) is 10.8 Å². The Balaban J connectivity index is 1.98. The van der Waals surface area contributed by atoms with Crippen LogP contribution >= 0.6 is 11.8 Å². The lowest BCUT2D eigenvalue weighted by Crippen LogP contribution is -2.32.